The summed E-state index contributed by atoms with van der Waals surface area (Å²) in [7, 11) is 0. The third-order valence-electron chi connectivity index (χ3n) is 3.84. The maximum absolute atomic E-state index is 11.7. The van der Waals surface area contributed by atoms with Crippen molar-refractivity contribution < 1.29 is 28.6 Å². The van der Waals surface area contributed by atoms with Crippen LogP contribution in [0.2, 0.25) is 0 Å². The average molecular weight is 367 g/mol. The molecule has 138 valence electrons. The molecule has 0 fully saturated rings. The van der Waals surface area contributed by atoms with E-state index < -0.39 is 17.9 Å². The van der Waals surface area contributed by atoms with E-state index in [-0.39, 0.29) is 22.6 Å². The van der Waals surface area contributed by atoms with Crippen molar-refractivity contribution in [2.45, 2.75) is 20.8 Å². The van der Waals surface area contributed by atoms with Crippen LogP contribution in [0.15, 0.2) is 36.4 Å². The molecule has 3 aromatic rings. The van der Waals surface area contributed by atoms with Gasteiger partial charge in [0.15, 0.2) is 5.75 Å². The molecule has 0 aromatic heterocycles. The van der Waals surface area contributed by atoms with Crippen LogP contribution in [0.4, 0.5) is 5.69 Å². The minimum absolute atomic E-state index is 0.141. The highest BCUT2D eigenvalue weighted by molar-refractivity contribution is 6.19. The lowest BCUT2D eigenvalue weighted by Crippen LogP contribution is -2.08. The third-order valence-corrected chi connectivity index (χ3v) is 3.84. The summed E-state index contributed by atoms with van der Waals surface area (Å²) >= 11 is 0. The van der Waals surface area contributed by atoms with Crippen molar-refractivity contribution in [1.82, 2.24) is 0 Å². The number of fused-ring (bicyclic) bond motifs is 2. The molecule has 0 saturated carbocycles. The first-order valence-electron chi connectivity index (χ1n) is 8.11. The highest BCUT2D eigenvalue weighted by Crippen LogP contribution is 2.48. The second kappa shape index (κ2) is 6.95. The number of rotatable bonds is 3. The van der Waals surface area contributed by atoms with Gasteiger partial charge in [-0.1, -0.05) is 24.3 Å². The molecule has 7 nitrogen and oxygen atoms in total. The molecule has 0 heterocycles. The highest BCUT2D eigenvalue weighted by Gasteiger charge is 2.23. The van der Waals surface area contributed by atoms with Crippen LogP contribution in [0, 0.1) is 0 Å². The maximum atomic E-state index is 11.7. The number of carbonyl (C=O) groups is 3. The van der Waals surface area contributed by atoms with Crippen LogP contribution < -0.4 is 19.9 Å². The predicted octanol–water partition coefficient (Wildman–Crippen LogP) is 3.35. The number of nitrogen functional groups attached to an aromatic ring is 1. The summed E-state index contributed by atoms with van der Waals surface area (Å²) in [6.45, 7) is 3.77. The summed E-state index contributed by atoms with van der Waals surface area (Å²) in [4.78, 5) is 34.8. The molecule has 0 amide bonds. The molecule has 0 bridgehead atoms. The van der Waals surface area contributed by atoms with E-state index in [0.29, 0.717) is 21.8 Å². The Morgan fingerprint density at radius 2 is 1.19 bits per heavy atom. The Balaban J connectivity index is 2.54. The Kier molecular flexibility index (Phi) is 4.68. The first kappa shape index (κ1) is 18.2. The van der Waals surface area contributed by atoms with Gasteiger partial charge in [0.1, 0.15) is 11.5 Å². The number of nitrogens with two attached hydrogens (primary N) is 1. The lowest BCUT2D eigenvalue weighted by Gasteiger charge is -2.18. The van der Waals surface area contributed by atoms with E-state index in [4.69, 9.17) is 19.9 Å². The molecule has 2 N–H and O–H groups in total. The van der Waals surface area contributed by atoms with Crippen molar-refractivity contribution in [3.05, 3.63) is 36.4 Å². The van der Waals surface area contributed by atoms with Gasteiger partial charge in [0, 0.05) is 31.5 Å². The summed E-state index contributed by atoms with van der Waals surface area (Å²) in [6.07, 6.45) is 0. The number of benzene rings is 3. The Hall–Kier alpha value is -3.61. The summed E-state index contributed by atoms with van der Waals surface area (Å²) < 4.78 is 16.0. The van der Waals surface area contributed by atoms with Crippen LogP contribution in [0.5, 0.6) is 17.2 Å². The van der Waals surface area contributed by atoms with E-state index in [0.717, 1.165) is 0 Å². The van der Waals surface area contributed by atoms with Crippen LogP contribution in [0.1, 0.15) is 20.8 Å². The molecule has 0 aliphatic rings. The third kappa shape index (κ3) is 3.39. The van der Waals surface area contributed by atoms with E-state index >= 15 is 0 Å². The van der Waals surface area contributed by atoms with E-state index in [1.807, 2.05) is 0 Å². The van der Waals surface area contributed by atoms with Crippen molar-refractivity contribution in [2.75, 3.05) is 5.73 Å². The van der Waals surface area contributed by atoms with Gasteiger partial charge >= 0.3 is 17.9 Å². The molecule has 0 aliphatic heterocycles. The average Bonchev–Trinajstić information content (AvgIpc) is 2.58. The van der Waals surface area contributed by atoms with Crippen molar-refractivity contribution in [2.24, 2.45) is 0 Å². The van der Waals surface area contributed by atoms with E-state index in [1.54, 1.807) is 24.3 Å². The number of hydrogen-bond acceptors (Lipinski definition) is 7. The van der Waals surface area contributed by atoms with Gasteiger partial charge in [-0.05, 0) is 12.1 Å². The zero-order chi connectivity index (χ0) is 19.7. The van der Waals surface area contributed by atoms with Gasteiger partial charge in [0.25, 0.3) is 0 Å². The largest absolute Gasteiger partial charge is 0.426 e. The van der Waals surface area contributed by atoms with Crippen LogP contribution in [-0.4, -0.2) is 17.9 Å². The summed E-state index contributed by atoms with van der Waals surface area (Å²) in [5.74, 6) is -1.17. The number of ether oxygens (including phenoxy) is 3. The second-order valence-electron chi connectivity index (χ2n) is 5.88. The van der Waals surface area contributed by atoms with Gasteiger partial charge in [-0.25, -0.2) is 0 Å². The molecule has 0 spiro atoms. The molecule has 0 unspecified atom stereocenters. The van der Waals surface area contributed by atoms with E-state index in [9.17, 15) is 14.4 Å². The lowest BCUT2D eigenvalue weighted by atomic mass is 9.98. The molecule has 0 radical (unpaired) electrons. The SMILES string of the molecule is CC(=O)Oc1ccc(OC(C)=O)c2c(OC(C)=O)c3ccccc3c(N)c12. The van der Waals surface area contributed by atoms with Gasteiger partial charge in [0.2, 0.25) is 0 Å². The van der Waals surface area contributed by atoms with Gasteiger partial charge in [0.05, 0.1) is 16.5 Å². The number of carbonyl (C=O) groups excluding carboxylic acids is 3. The fraction of sp³-hybridized carbons (Fsp3) is 0.150. The van der Waals surface area contributed by atoms with Crippen molar-refractivity contribution in [3.63, 3.8) is 0 Å². The topological polar surface area (TPSA) is 105 Å². The van der Waals surface area contributed by atoms with Crippen molar-refractivity contribution in [3.8, 4) is 17.2 Å². The fourth-order valence-electron chi connectivity index (χ4n) is 2.97. The van der Waals surface area contributed by atoms with Gasteiger partial charge in [-0.2, -0.15) is 0 Å². The fourth-order valence-corrected chi connectivity index (χ4v) is 2.97. The smallest absolute Gasteiger partial charge is 0.308 e. The van der Waals surface area contributed by atoms with Gasteiger partial charge < -0.3 is 19.9 Å². The summed E-state index contributed by atoms with van der Waals surface area (Å²) in [6, 6.07) is 9.98. The van der Waals surface area contributed by atoms with Crippen molar-refractivity contribution >= 4 is 45.1 Å². The number of esters is 3. The monoisotopic (exact) mass is 367 g/mol. The molecule has 3 aromatic carbocycles. The molecular formula is C20H17NO6. The molecule has 7 heteroatoms. The number of hydrogen-bond donors (Lipinski definition) is 1. The summed E-state index contributed by atoms with van der Waals surface area (Å²) in [5.41, 5.74) is 6.67. The molecule has 0 saturated heterocycles. The second-order valence-corrected chi connectivity index (χ2v) is 5.88. The first-order valence-corrected chi connectivity index (χ1v) is 8.11. The molecule has 3 rings (SSSR count). The van der Waals surface area contributed by atoms with Crippen LogP contribution in [0.25, 0.3) is 21.5 Å². The highest BCUT2D eigenvalue weighted by atomic mass is 16.5. The zero-order valence-corrected chi connectivity index (χ0v) is 15.0. The Morgan fingerprint density at radius 3 is 1.70 bits per heavy atom. The lowest BCUT2D eigenvalue weighted by molar-refractivity contribution is -0.133. The molecule has 27 heavy (non-hydrogen) atoms. The zero-order valence-electron chi connectivity index (χ0n) is 15.0. The maximum Gasteiger partial charge on any atom is 0.308 e. The quantitative estimate of drug-likeness (QED) is 0.327. The first-order chi connectivity index (χ1) is 12.8. The predicted molar refractivity (Wildman–Crippen MR) is 99.8 cm³/mol. The van der Waals surface area contributed by atoms with Crippen LogP contribution in [-0.2, 0) is 14.4 Å². The van der Waals surface area contributed by atoms with Gasteiger partial charge in [-0.3, -0.25) is 14.4 Å². The Labute approximate surface area is 154 Å². The Morgan fingerprint density at radius 1 is 0.704 bits per heavy atom. The number of anilines is 1. The Bertz CT molecular complexity index is 1100. The molecule has 0 atom stereocenters. The standard InChI is InChI=1S/C20H17NO6/c1-10(22)25-15-8-9-16(26-11(2)23)18-17(15)19(21)13-6-4-5-7-14(13)20(18)27-12(3)24/h4-9H,21H2,1-3H3. The van der Waals surface area contributed by atoms with Crippen LogP contribution >= 0.6 is 0 Å². The van der Waals surface area contributed by atoms with Crippen molar-refractivity contribution in [1.29, 1.82) is 0 Å². The van der Waals surface area contributed by atoms with Gasteiger partial charge in [-0.15, -0.1) is 0 Å². The van der Waals surface area contributed by atoms with Crippen LogP contribution in [0.3, 0.4) is 0 Å². The summed E-state index contributed by atoms with van der Waals surface area (Å²) in [5, 5.41) is 1.76. The molecule has 0 aliphatic carbocycles. The normalized spacial score (nSPS) is 10.6. The van der Waals surface area contributed by atoms with E-state index in [2.05, 4.69) is 0 Å². The van der Waals surface area contributed by atoms with E-state index in [1.165, 1.54) is 32.9 Å². The molecular weight excluding hydrogens is 350 g/mol. The minimum atomic E-state index is -0.558. The minimum Gasteiger partial charge on any atom is -0.426 e.